The van der Waals surface area contributed by atoms with Gasteiger partial charge in [0.2, 0.25) is 5.91 Å². The molecule has 1 fully saturated rings. The molecule has 8 heteroatoms. The number of nitrogens with zero attached hydrogens (tertiary/aromatic N) is 4. The maximum atomic E-state index is 12.2. The van der Waals surface area contributed by atoms with E-state index < -0.39 is 0 Å². The van der Waals surface area contributed by atoms with Crippen molar-refractivity contribution in [2.24, 2.45) is 5.92 Å². The number of aromatic nitrogens is 4. The van der Waals surface area contributed by atoms with Gasteiger partial charge < -0.3 is 10.3 Å². The van der Waals surface area contributed by atoms with Crippen molar-refractivity contribution >= 4 is 22.8 Å². The summed E-state index contributed by atoms with van der Waals surface area (Å²) in [4.78, 5) is 22.5. The molecule has 0 radical (unpaired) electrons. The second kappa shape index (κ2) is 7.25. The zero-order chi connectivity index (χ0) is 17.9. The van der Waals surface area contributed by atoms with Crippen molar-refractivity contribution in [2.75, 3.05) is 25.0 Å². The molecule has 3 aromatic rings. The van der Waals surface area contributed by atoms with E-state index in [2.05, 4.69) is 35.1 Å². The van der Waals surface area contributed by atoms with Gasteiger partial charge in [0.15, 0.2) is 5.82 Å². The van der Waals surface area contributed by atoms with Crippen LogP contribution in [0.2, 0.25) is 0 Å². The third kappa shape index (κ3) is 3.75. The first-order valence-corrected chi connectivity index (χ1v) is 8.92. The predicted octanol–water partition coefficient (Wildman–Crippen LogP) is 2.15. The van der Waals surface area contributed by atoms with Crippen LogP contribution in [0.25, 0.3) is 11.0 Å². The van der Waals surface area contributed by atoms with E-state index in [4.69, 9.17) is 0 Å². The molecule has 1 saturated heterocycles. The Bertz CT molecular complexity index is 869. The Labute approximate surface area is 150 Å². The van der Waals surface area contributed by atoms with Gasteiger partial charge in [-0.05, 0) is 49.5 Å². The highest BCUT2D eigenvalue weighted by molar-refractivity contribution is 5.91. The molecule has 0 aliphatic carbocycles. The Morgan fingerprint density at radius 2 is 2.27 bits per heavy atom. The van der Waals surface area contributed by atoms with E-state index in [-0.39, 0.29) is 5.91 Å². The number of piperidine rings is 1. The van der Waals surface area contributed by atoms with Crippen molar-refractivity contribution in [1.82, 2.24) is 25.2 Å². The average molecular weight is 354 g/mol. The molecule has 0 bridgehead atoms. The highest BCUT2D eigenvalue weighted by Gasteiger charge is 2.23. The molecule has 0 saturated carbocycles. The van der Waals surface area contributed by atoms with Crippen molar-refractivity contribution in [3.05, 3.63) is 35.8 Å². The number of amides is 1. The van der Waals surface area contributed by atoms with Crippen LogP contribution in [0.4, 0.5) is 5.82 Å². The fraction of sp³-hybridized carbons (Fsp3) is 0.444. The third-order valence-corrected chi connectivity index (χ3v) is 4.80. The fourth-order valence-electron chi connectivity index (χ4n) is 3.56. The van der Waals surface area contributed by atoms with Crippen LogP contribution in [0.1, 0.15) is 24.4 Å². The molecule has 2 aromatic heterocycles. The van der Waals surface area contributed by atoms with Gasteiger partial charge in [-0.3, -0.25) is 9.69 Å². The lowest BCUT2D eigenvalue weighted by atomic mass is 9.94. The van der Waals surface area contributed by atoms with Crippen molar-refractivity contribution in [2.45, 2.75) is 26.2 Å². The molecule has 8 nitrogen and oxygen atoms in total. The molecule has 4 rings (SSSR count). The van der Waals surface area contributed by atoms with Crippen LogP contribution in [0.5, 0.6) is 0 Å². The van der Waals surface area contributed by atoms with Gasteiger partial charge in [-0.2, -0.15) is 0 Å². The Balaban J connectivity index is 1.33. The SMILES string of the molecule is Cc1nonc1NC(=O)CN1CCC[C@H](Cc2nc3ccccc3[nH]2)C1. The average Bonchev–Trinajstić information content (AvgIpc) is 3.20. The number of hydrogen-bond acceptors (Lipinski definition) is 6. The van der Waals surface area contributed by atoms with Gasteiger partial charge in [-0.1, -0.05) is 17.3 Å². The summed E-state index contributed by atoms with van der Waals surface area (Å²) in [6.45, 7) is 3.92. The zero-order valence-corrected chi connectivity index (χ0v) is 14.7. The summed E-state index contributed by atoms with van der Waals surface area (Å²) < 4.78 is 4.61. The largest absolute Gasteiger partial charge is 0.342 e. The molecule has 1 aliphatic heterocycles. The number of benzene rings is 1. The number of likely N-dealkylation sites (tertiary alicyclic amines) is 1. The van der Waals surface area contributed by atoms with E-state index in [1.165, 1.54) is 0 Å². The Kier molecular flexibility index (Phi) is 4.66. The number of rotatable bonds is 5. The second-order valence-corrected chi connectivity index (χ2v) is 6.89. The maximum absolute atomic E-state index is 12.2. The van der Waals surface area contributed by atoms with Crippen LogP contribution < -0.4 is 5.32 Å². The number of aryl methyl sites for hydroxylation is 1. The lowest BCUT2D eigenvalue weighted by Gasteiger charge is -2.31. The molecule has 3 heterocycles. The first kappa shape index (κ1) is 16.7. The smallest absolute Gasteiger partial charge is 0.239 e. The van der Waals surface area contributed by atoms with Crippen LogP contribution >= 0.6 is 0 Å². The molecule has 0 unspecified atom stereocenters. The van der Waals surface area contributed by atoms with E-state index >= 15 is 0 Å². The Hall–Kier alpha value is -2.74. The van der Waals surface area contributed by atoms with Crippen LogP contribution in [-0.4, -0.2) is 50.7 Å². The summed E-state index contributed by atoms with van der Waals surface area (Å²) in [5.74, 6) is 1.82. The van der Waals surface area contributed by atoms with Gasteiger partial charge in [0, 0.05) is 13.0 Å². The summed E-state index contributed by atoms with van der Waals surface area (Å²) in [5, 5.41) is 10.1. The molecule has 26 heavy (non-hydrogen) atoms. The number of H-pyrrole nitrogens is 1. The van der Waals surface area contributed by atoms with Crippen molar-refractivity contribution in [3.8, 4) is 0 Å². The number of fused-ring (bicyclic) bond motifs is 1. The van der Waals surface area contributed by atoms with Crippen LogP contribution in [0.15, 0.2) is 28.9 Å². The normalized spacial score (nSPS) is 18.3. The highest BCUT2D eigenvalue weighted by Crippen LogP contribution is 2.21. The minimum Gasteiger partial charge on any atom is -0.342 e. The first-order chi connectivity index (χ1) is 12.7. The van der Waals surface area contributed by atoms with Crippen LogP contribution in [0, 0.1) is 12.8 Å². The van der Waals surface area contributed by atoms with Gasteiger partial charge in [-0.15, -0.1) is 0 Å². The number of aromatic amines is 1. The molecule has 136 valence electrons. The van der Waals surface area contributed by atoms with Crippen molar-refractivity contribution in [3.63, 3.8) is 0 Å². The second-order valence-electron chi connectivity index (χ2n) is 6.89. The maximum Gasteiger partial charge on any atom is 0.239 e. The monoisotopic (exact) mass is 354 g/mol. The minimum absolute atomic E-state index is 0.0896. The molecular formula is C18H22N6O2. The van der Waals surface area contributed by atoms with Gasteiger partial charge in [0.05, 0.1) is 17.6 Å². The van der Waals surface area contributed by atoms with Gasteiger partial charge in [-0.25, -0.2) is 9.61 Å². The summed E-state index contributed by atoms with van der Waals surface area (Å²) >= 11 is 0. The van der Waals surface area contributed by atoms with Crippen molar-refractivity contribution in [1.29, 1.82) is 0 Å². The predicted molar refractivity (Wildman–Crippen MR) is 96.6 cm³/mol. The number of anilines is 1. The zero-order valence-electron chi connectivity index (χ0n) is 14.7. The minimum atomic E-state index is -0.0896. The first-order valence-electron chi connectivity index (χ1n) is 8.92. The van der Waals surface area contributed by atoms with E-state index in [9.17, 15) is 4.79 Å². The van der Waals surface area contributed by atoms with E-state index in [0.29, 0.717) is 24.0 Å². The van der Waals surface area contributed by atoms with Gasteiger partial charge in [0.25, 0.3) is 0 Å². The number of para-hydroxylation sites is 2. The number of carbonyl (C=O) groups excluding carboxylic acids is 1. The van der Waals surface area contributed by atoms with Crippen LogP contribution in [0.3, 0.4) is 0 Å². The molecular weight excluding hydrogens is 332 g/mol. The van der Waals surface area contributed by atoms with E-state index in [1.807, 2.05) is 24.3 Å². The Morgan fingerprint density at radius 1 is 1.38 bits per heavy atom. The molecule has 1 aromatic carbocycles. The number of hydrogen-bond donors (Lipinski definition) is 2. The summed E-state index contributed by atoms with van der Waals surface area (Å²) in [6, 6.07) is 8.08. The molecule has 2 N–H and O–H groups in total. The number of imidazole rings is 1. The number of carbonyl (C=O) groups is 1. The molecule has 1 amide bonds. The van der Waals surface area contributed by atoms with Gasteiger partial charge in [0.1, 0.15) is 11.5 Å². The molecule has 0 spiro atoms. The summed E-state index contributed by atoms with van der Waals surface area (Å²) in [6.07, 6.45) is 3.14. The van der Waals surface area contributed by atoms with E-state index in [1.54, 1.807) is 6.92 Å². The van der Waals surface area contributed by atoms with Crippen molar-refractivity contribution < 1.29 is 9.42 Å². The van der Waals surface area contributed by atoms with Gasteiger partial charge >= 0.3 is 0 Å². The Morgan fingerprint density at radius 3 is 3.08 bits per heavy atom. The third-order valence-electron chi connectivity index (χ3n) is 4.80. The molecule has 1 aliphatic rings. The lowest BCUT2D eigenvalue weighted by Crippen LogP contribution is -2.41. The fourth-order valence-corrected chi connectivity index (χ4v) is 3.56. The number of nitrogens with one attached hydrogen (secondary N) is 2. The summed E-state index contributed by atoms with van der Waals surface area (Å²) in [5.41, 5.74) is 2.66. The topological polar surface area (TPSA) is 99.9 Å². The van der Waals surface area contributed by atoms with Crippen LogP contribution in [-0.2, 0) is 11.2 Å². The quantitative estimate of drug-likeness (QED) is 0.728. The molecule has 1 atom stereocenters. The lowest BCUT2D eigenvalue weighted by molar-refractivity contribution is -0.117. The summed E-state index contributed by atoms with van der Waals surface area (Å²) in [7, 11) is 0. The standard InChI is InChI=1S/C18H22N6O2/c1-12-18(23-26-22-12)21-17(25)11-24-8-4-5-13(10-24)9-16-19-14-6-2-3-7-15(14)20-16/h2-3,6-7,13H,4-5,8-11H2,1H3,(H,19,20)(H,21,23,25)/t13-/m1/s1. The highest BCUT2D eigenvalue weighted by atomic mass is 16.6. The van der Waals surface area contributed by atoms with E-state index in [0.717, 1.165) is 49.2 Å².